The molecule has 3 amide bonds. The third-order valence-corrected chi connectivity index (χ3v) is 4.03. The van der Waals surface area contributed by atoms with E-state index >= 15 is 0 Å². The number of amides is 3. The van der Waals surface area contributed by atoms with Crippen molar-refractivity contribution >= 4 is 17.9 Å². The lowest BCUT2D eigenvalue weighted by Gasteiger charge is -2.24. The molecule has 144 valence electrons. The van der Waals surface area contributed by atoms with Crippen LogP contribution < -0.4 is 10.8 Å². The Bertz CT molecular complexity index is 475. The second-order valence-electron chi connectivity index (χ2n) is 7.49. The van der Waals surface area contributed by atoms with Crippen molar-refractivity contribution in [1.29, 1.82) is 0 Å². The standard InChI is InChI=1S/C17H31N3O5/c1-5-6-7-12(10-14(21)19-24)15(22)20-9-8-13(11-20)18-16(23)25-17(2,3)4/h12-13,24H,5-11H2,1-4H3,(H,18,23)(H,19,21). The first-order valence-corrected chi connectivity index (χ1v) is 8.87. The molecule has 0 aromatic heterocycles. The summed E-state index contributed by atoms with van der Waals surface area (Å²) in [5.41, 5.74) is 1.02. The Balaban J connectivity index is 2.57. The van der Waals surface area contributed by atoms with Crippen molar-refractivity contribution in [3.63, 3.8) is 0 Å². The normalized spacial score (nSPS) is 18.6. The van der Waals surface area contributed by atoms with Gasteiger partial charge < -0.3 is 15.0 Å². The van der Waals surface area contributed by atoms with Crippen LogP contribution in [0.15, 0.2) is 0 Å². The number of alkyl carbamates (subject to hydrolysis) is 1. The number of hydroxylamine groups is 1. The Hall–Kier alpha value is -1.83. The first kappa shape index (κ1) is 21.2. The largest absolute Gasteiger partial charge is 0.444 e. The molecular weight excluding hydrogens is 326 g/mol. The fraction of sp³-hybridized carbons (Fsp3) is 0.824. The van der Waals surface area contributed by atoms with E-state index in [-0.39, 0.29) is 18.4 Å². The molecule has 0 saturated carbocycles. The van der Waals surface area contributed by atoms with Gasteiger partial charge in [-0.3, -0.25) is 14.8 Å². The highest BCUT2D eigenvalue weighted by molar-refractivity contribution is 5.85. The molecule has 1 saturated heterocycles. The zero-order valence-corrected chi connectivity index (χ0v) is 15.6. The Morgan fingerprint density at radius 2 is 2.00 bits per heavy atom. The van der Waals surface area contributed by atoms with E-state index in [1.165, 1.54) is 0 Å². The third-order valence-electron chi connectivity index (χ3n) is 4.03. The molecule has 1 fully saturated rings. The summed E-state index contributed by atoms with van der Waals surface area (Å²) in [7, 11) is 0. The van der Waals surface area contributed by atoms with Gasteiger partial charge in [-0.1, -0.05) is 19.8 Å². The minimum absolute atomic E-state index is 0.0318. The van der Waals surface area contributed by atoms with Gasteiger partial charge in [-0.15, -0.1) is 0 Å². The Morgan fingerprint density at radius 3 is 2.56 bits per heavy atom. The Labute approximate surface area is 149 Å². The highest BCUT2D eigenvalue weighted by atomic mass is 16.6. The molecule has 0 spiro atoms. The minimum atomic E-state index is -0.568. The number of nitrogens with zero attached hydrogens (tertiary/aromatic N) is 1. The second kappa shape index (κ2) is 9.60. The lowest BCUT2D eigenvalue weighted by molar-refractivity contribution is -0.140. The number of carbonyl (C=O) groups is 3. The molecule has 8 heteroatoms. The first-order valence-electron chi connectivity index (χ1n) is 8.87. The van der Waals surface area contributed by atoms with Crippen LogP contribution in [0.1, 0.15) is 59.8 Å². The summed E-state index contributed by atoms with van der Waals surface area (Å²) in [4.78, 5) is 37.6. The van der Waals surface area contributed by atoms with Crippen molar-refractivity contribution in [1.82, 2.24) is 15.7 Å². The molecular formula is C17H31N3O5. The van der Waals surface area contributed by atoms with Gasteiger partial charge in [0.05, 0.1) is 6.04 Å². The summed E-state index contributed by atoms with van der Waals surface area (Å²) in [6.07, 6.45) is 2.49. The van der Waals surface area contributed by atoms with Crippen molar-refractivity contribution in [2.75, 3.05) is 13.1 Å². The quantitative estimate of drug-likeness (QED) is 0.476. The van der Waals surface area contributed by atoms with Gasteiger partial charge in [-0.05, 0) is 33.6 Å². The molecule has 1 heterocycles. The van der Waals surface area contributed by atoms with Crippen molar-refractivity contribution < 1.29 is 24.3 Å². The van der Waals surface area contributed by atoms with Crippen LogP contribution in [-0.4, -0.2) is 52.7 Å². The highest BCUT2D eigenvalue weighted by Gasteiger charge is 2.33. The molecule has 0 aromatic rings. The summed E-state index contributed by atoms with van der Waals surface area (Å²) < 4.78 is 5.23. The van der Waals surface area contributed by atoms with E-state index in [0.29, 0.717) is 25.9 Å². The van der Waals surface area contributed by atoms with Gasteiger partial charge in [0, 0.05) is 25.4 Å². The number of unbranched alkanes of at least 4 members (excludes halogenated alkanes) is 1. The number of rotatable bonds is 7. The summed E-state index contributed by atoms with van der Waals surface area (Å²) in [6.45, 7) is 8.33. The predicted molar refractivity (Wildman–Crippen MR) is 91.9 cm³/mol. The van der Waals surface area contributed by atoms with Gasteiger partial charge >= 0.3 is 6.09 Å². The van der Waals surface area contributed by atoms with Gasteiger partial charge in [0.2, 0.25) is 11.8 Å². The molecule has 1 rings (SSSR count). The SMILES string of the molecule is CCCCC(CC(=O)NO)C(=O)N1CCC(NC(=O)OC(C)(C)C)C1. The number of ether oxygens (including phenoxy) is 1. The molecule has 0 aromatic carbocycles. The molecule has 2 unspecified atom stereocenters. The maximum absolute atomic E-state index is 12.7. The summed E-state index contributed by atoms with van der Waals surface area (Å²) in [6, 6.07) is -0.155. The van der Waals surface area contributed by atoms with Gasteiger partial charge in [0.25, 0.3) is 0 Å². The minimum Gasteiger partial charge on any atom is -0.444 e. The van der Waals surface area contributed by atoms with Crippen LogP contribution in [-0.2, 0) is 14.3 Å². The van der Waals surface area contributed by atoms with Crippen LogP contribution >= 0.6 is 0 Å². The van der Waals surface area contributed by atoms with Gasteiger partial charge in [0.15, 0.2) is 0 Å². The van der Waals surface area contributed by atoms with Gasteiger partial charge in [-0.25, -0.2) is 10.3 Å². The predicted octanol–water partition coefficient (Wildman–Crippen LogP) is 1.81. The number of nitrogens with one attached hydrogen (secondary N) is 2. The fourth-order valence-corrected chi connectivity index (χ4v) is 2.84. The van der Waals surface area contributed by atoms with Gasteiger partial charge in [-0.2, -0.15) is 0 Å². The lowest BCUT2D eigenvalue weighted by atomic mass is 9.96. The molecule has 1 aliphatic rings. The average Bonchev–Trinajstić information content (AvgIpc) is 2.96. The van der Waals surface area contributed by atoms with Crippen LogP contribution in [0, 0.1) is 5.92 Å². The molecule has 25 heavy (non-hydrogen) atoms. The van der Waals surface area contributed by atoms with E-state index in [2.05, 4.69) is 5.32 Å². The molecule has 0 radical (unpaired) electrons. The van der Waals surface area contributed by atoms with Crippen LogP contribution in [0.2, 0.25) is 0 Å². The molecule has 3 N–H and O–H groups in total. The van der Waals surface area contributed by atoms with E-state index in [0.717, 1.165) is 12.8 Å². The van der Waals surface area contributed by atoms with Crippen molar-refractivity contribution in [2.45, 2.75) is 71.4 Å². The summed E-state index contributed by atoms with van der Waals surface area (Å²) in [5, 5.41) is 11.5. The topological polar surface area (TPSA) is 108 Å². The maximum atomic E-state index is 12.7. The fourth-order valence-electron chi connectivity index (χ4n) is 2.84. The van der Waals surface area contributed by atoms with E-state index in [1.54, 1.807) is 31.2 Å². The van der Waals surface area contributed by atoms with Crippen molar-refractivity contribution in [3.8, 4) is 0 Å². The van der Waals surface area contributed by atoms with E-state index in [4.69, 9.17) is 9.94 Å². The second-order valence-corrected chi connectivity index (χ2v) is 7.49. The van der Waals surface area contributed by atoms with Crippen molar-refractivity contribution in [2.24, 2.45) is 5.92 Å². The number of hydrogen-bond donors (Lipinski definition) is 3. The average molecular weight is 357 g/mol. The lowest BCUT2D eigenvalue weighted by Crippen LogP contribution is -2.42. The first-order chi connectivity index (χ1) is 11.7. The number of carbonyl (C=O) groups excluding carboxylic acids is 3. The molecule has 8 nitrogen and oxygen atoms in total. The zero-order valence-electron chi connectivity index (χ0n) is 15.6. The number of likely N-dealkylation sites (tertiary alicyclic amines) is 1. The molecule has 0 bridgehead atoms. The third kappa shape index (κ3) is 7.72. The monoisotopic (exact) mass is 357 g/mol. The summed E-state index contributed by atoms with van der Waals surface area (Å²) >= 11 is 0. The molecule has 2 atom stereocenters. The molecule has 0 aliphatic carbocycles. The van der Waals surface area contributed by atoms with Crippen molar-refractivity contribution in [3.05, 3.63) is 0 Å². The smallest absolute Gasteiger partial charge is 0.407 e. The Morgan fingerprint density at radius 1 is 1.32 bits per heavy atom. The van der Waals surface area contributed by atoms with Crippen LogP contribution in [0.5, 0.6) is 0 Å². The van der Waals surface area contributed by atoms with Gasteiger partial charge in [0.1, 0.15) is 5.60 Å². The Kier molecular flexibility index (Phi) is 8.15. The van der Waals surface area contributed by atoms with Crippen LogP contribution in [0.4, 0.5) is 4.79 Å². The molecule has 1 aliphatic heterocycles. The van der Waals surface area contributed by atoms with Crippen LogP contribution in [0.3, 0.4) is 0 Å². The van der Waals surface area contributed by atoms with E-state index < -0.39 is 23.5 Å². The van der Waals surface area contributed by atoms with E-state index in [9.17, 15) is 14.4 Å². The summed E-state index contributed by atoms with van der Waals surface area (Å²) in [5.74, 6) is -1.12. The zero-order chi connectivity index (χ0) is 19.0. The number of hydrogen-bond acceptors (Lipinski definition) is 5. The van der Waals surface area contributed by atoms with E-state index in [1.807, 2.05) is 6.92 Å². The highest BCUT2D eigenvalue weighted by Crippen LogP contribution is 2.20. The van der Waals surface area contributed by atoms with Crippen LogP contribution in [0.25, 0.3) is 0 Å². The maximum Gasteiger partial charge on any atom is 0.407 e.